The number of hydrogen-bond donors (Lipinski definition) is 2. The molecular formula is C25H45N5. The second-order valence-corrected chi connectivity index (χ2v) is 8.67. The highest BCUT2D eigenvalue weighted by molar-refractivity contribution is 5.79. The Hall–Kier alpha value is -1.59. The van der Waals surface area contributed by atoms with Crippen molar-refractivity contribution in [2.75, 3.05) is 58.9 Å². The summed E-state index contributed by atoms with van der Waals surface area (Å²) in [7, 11) is 0. The van der Waals surface area contributed by atoms with Crippen molar-refractivity contribution in [3.8, 4) is 0 Å². The van der Waals surface area contributed by atoms with Gasteiger partial charge in [0.1, 0.15) is 0 Å². The maximum absolute atomic E-state index is 4.76. The van der Waals surface area contributed by atoms with Crippen LogP contribution in [0, 0.1) is 0 Å². The average Bonchev–Trinajstić information content (AvgIpc) is 2.77. The molecule has 1 aromatic carbocycles. The predicted molar refractivity (Wildman–Crippen MR) is 131 cm³/mol. The molecule has 5 heteroatoms. The van der Waals surface area contributed by atoms with E-state index in [1.165, 1.54) is 63.2 Å². The van der Waals surface area contributed by atoms with Gasteiger partial charge in [-0.2, -0.15) is 0 Å². The molecule has 0 radical (unpaired) electrons. The van der Waals surface area contributed by atoms with Crippen LogP contribution in [0.15, 0.2) is 29.3 Å². The highest BCUT2D eigenvalue weighted by Crippen LogP contribution is 2.15. The smallest absolute Gasteiger partial charge is 0.191 e. The molecule has 0 spiro atoms. The van der Waals surface area contributed by atoms with Gasteiger partial charge in [0, 0.05) is 45.8 Å². The van der Waals surface area contributed by atoms with Crippen LogP contribution in [0.3, 0.4) is 0 Å². The standard InChI is InChI=1S/C25H45N5/c1-5-26-25(27-15-7-8-17-30-20-18-29(6-2)19-21-30)28-16-9-10-23-11-13-24(14-12-23)22(3)4/h11-14,22H,5-10,15-21H2,1-4H3,(H2,26,27,28). The summed E-state index contributed by atoms with van der Waals surface area (Å²) in [6.07, 6.45) is 4.62. The SMILES string of the molecule is CCNC(=NCCCc1ccc(C(C)C)cc1)NCCCCN1CCN(CC)CC1. The molecule has 0 atom stereocenters. The first-order chi connectivity index (χ1) is 14.6. The third-order valence-electron chi connectivity index (χ3n) is 5.99. The zero-order valence-electron chi connectivity index (χ0n) is 19.9. The Balaban J connectivity index is 1.59. The normalized spacial score (nSPS) is 16.2. The van der Waals surface area contributed by atoms with E-state index in [0.29, 0.717) is 5.92 Å². The van der Waals surface area contributed by atoms with Gasteiger partial charge < -0.3 is 20.4 Å². The number of piperazine rings is 1. The molecule has 0 saturated carbocycles. The van der Waals surface area contributed by atoms with E-state index >= 15 is 0 Å². The first-order valence-corrected chi connectivity index (χ1v) is 12.2. The van der Waals surface area contributed by atoms with Crippen molar-refractivity contribution in [2.24, 2.45) is 4.99 Å². The number of aliphatic imine (C=N–C) groups is 1. The topological polar surface area (TPSA) is 42.9 Å². The molecule has 1 saturated heterocycles. The molecule has 1 aliphatic heterocycles. The number of aryl methyl sites for hydroxylation is 1. The van der Waals surface area contributed by atoms with E-state index in [4.69, 9.17) is 4.99 Å². The van der Waals surface area contributed by atoms with Gasteiger partial charge in [0.25, 0.3) is 0 Å². The Labute approximate surface area is 185 Å². The third kappa shape index (κ3) is 9.48. The number of unbranched alkanes of at least 4 members (excludes halogenated alkanes) is 1. The highest BCUT2D eigenvalue weighted by atomic mass is 15.3. The van der Waals surface area contributed by atoms with Gasteiger partial charge >= 0.3 is 0 Å². The van der Waals surface area contributed by atoms with Crippen molar-refractivity contribution in [1.82, 2.24) is 20.4 Å². The van der Waals surface area contributed by atoms with Crippen molar-refractivity contribution in [2.45, 2.75) is 59.3 Å². The minimum absolute atomic E-state index is 0.601. The van der Waals surface area contributed by atoms with E-state index in [1.54, 1.807) is 0 Å². The number of rotatable bonds is 12. The maximum atomic E-state index is 4.76. The molecule has 1 heterocycles. The van der Waals surface area contributed by atoms with Crippen LogP contribution in [-0.4, -0.2) is 74.7 Å². The number of benzene rings is 1. The van der Waals surface area contributed by atoms with Crippen molar-refractivity contribution in [1.29, 1.82) is 0 Å². The molecule has 5 nitrogen and oxygen atoms in total. The van der Waals surface area contributed by atoms with Crippen molar-refractivity contribution in [3.63, 3.8) is 0 Å². The lowest BCUT2D eigenvalue weighted by Crippen LogP contribution is -2.46. The van der Waals surface area contributed by atoms with Crippen LogP contribution < -0.4 is 10.6 Å². The fraction of sp³-hybridized carbons (Fsp3) is 0.720. The Kier molecular flexibility index (Phi) is 11.9. The molecule has 30 heavy (non-hydrogen) atoms. The molecule has 0 unspecified atom stereocenters. The summed E-state index contributed by atoms with van der Waals surface area (Å²) in [5.74, 6) is 1.56. The Bertz CT molecular complexity index is 588. The zero-order valence-corrected chi connectivity index (χ0v) is 19.9. The van der Waals surface area contributed by atoms with E-state index in [-0.39, 0.29) is 0 Å². The van der Waals surface area contributed by atoms with Gasteiger partial charge in [-0.1, -0.05) is 45.0 Å². The monoisotopic (exact) mass is 415 g/mol. The van der Waals surface area contributed by atoms with Crippen LogP contribution in [0.1, 0.15) is 64.0 Å². The van der Waals surface area contributed by atoms with Gasteiger partial charge in [0.15, 0.2) is 5.96 Å². The molecule has 0 aromatic heterocycles. The lowest BCUT2D eigenvalue weighted by Gasteiger charge is -2.34. The lowest BCUT2D eigenvalue weighted by atomic mass is 10.0. The number of nitrogens with zero attached hydrogens (tertiary/aromatic N) is 3. The second kappa shape index (κ2) is 14.4. The van der Waals surface area contributed by atoms with Crippen LogP contribution in [0.25, 0.3) is 0 Å². The van der Waals surface area contributed by atoms with Crippen LogP contribution in [0.5, 0.6) is 0 Å². The summed E-state index contributed by atoms with van der Waals surface area (Å²) in [6, 6.07) is 9.06. The van der Waals surface area contributed by atoms with Gasteiger partial charge in [-0.25, -0.2) is 0 Å². The van der Waals surface area contributed by atoms with Gasteiger partial charge in [-0.05, 0) is 62.7 Å². The third-order valence-corrected chi connectivity index (χ3v) is 5.99. The molecule has 2 rings (SSSR count). The van der Waals surface area contributed by atoms with Crippen molar-refractivity contribution < 1.29 is 0 Å². The van der Waals surface area contributed by atoms with E-state index in [0.717, 1.165) is 38.4 Å². The minimum Gasteiger partial charge on any atom is -0.357 e. The summed E-state index contributed by atoms with van der Waals surface area (Å²) < 4.78 is 0. The maximum Gasteiger partial charge on any atom is 0.191 e. The second-order valence-electron chi connectivity index (χ2n) is 8.67. The van der Waals surface area contributed by atoms with E-state index in [9.17, 15) is 0 Å². The molecule has 1 fully saturated rings. The quantitative estimate of drug-likeness (QED) is 0.310. The van der Waals surface area contributed by atoms with E-state index in [1.807, 2.05) is 0 Å². The number of nitrogens with one attached hydrogen (secondary N) is 2. The minimum atomic E-state index is 0.601. The molecule has 2 N–H and O–H groups in total. The van der Waals surface area contributed by atoms with E-state index in [2.05, 4.69) is 72.4 Å². The molecule has 0 amide bonds. The fourth-order valence-electron chi connectivity index (χ4n) is 3.88. The first kappa shape index (κ1) is 24.7. The van der Waals surface area contributed by atoms with Crippen LogP contribution >= 0.6 is 0 Å². The average molecular weight is 416 g/mol. The fourth-order valence-corrected chi connectivity index (χ4v) is 3.88. The Morgan fingerprint density at radius 3 is 2.27 bits per heavy atom. The molecule has 1 aromatic rings. The summed E-state index contributed by atoms with van der Waals surface area (Å²) in [4.78, 5) is 9.91. The van der Waals surface area contributed by atoms with Gasteiger partial charge in [0.05, 0.1) is 0 Å². The summed E-state index contributed by atoms with van der Waals surface area (Å²) in [5, 5.41) is 6.88. The van der Waals surface area contributed by atoms with Gasteiger partial charge in [0.2, 0.25) is 0 Å². The summed E-state index contributed by atoms with van der Waals surface area (Å²) in [6.45, 7) is 19.0. The van der Waals surface area contributed by atoms with Crippen LogP contribution in [0.2, 0.25) is 0 Å². The molecule has 0 bridgehead atoms. The summed E-state index contributed by atoms with van der Waals surface area (Å²) >= 11 is 0. The number of guanidine groups is 1. The zero-order chi connectivity index (χ0) is 21.6. The van der Waals surface area contributed by atoms with E-state index < -0.39 is 0 Å². The largest absolute Gasteiger partial charge is 0.357 e. The van der Waals surface area contributed by atoms with Gasteiger partial charge in [-0.15, -0.1) is 0 Å². The Morgan fingerprint density at radius 1 is 0.933 bits per heavy atom. The first-order valence-electron chi connectivity index (χ1n) is 12.2. The summed E-state index contributed by atoms with van der Waals surface area (Å²) in [5.41, 5.74) is 2.82. The van der Waals surface area contributed by atoms with Crippen LogP contribution in [0.4, 0.5) is 0 Å². The molecule has 170 valence electrons. The molecular weight excluding hydrogens is 370 g/mol. The highest BCUT2D eigenvalue weighted by Gasteiger charge is 2.14. The lowest BCUT2D eigenvalue weighted by molar-refractivity contribution is 0.136. The predicted octanol–water partition coefficient (Wildman–Crippen LogP) is 3.72. The Morgan fingerprint density at radius 2 is 1.63 bits per heavy atom. The molecule has 0 aliphatic carbocycles. The van der Waals surface area contributed by atoms with Crippen LogP contribution in [-0.2, 0) is 6.42 Å². The van der Waals surface area contributed by atoms with Gasteiger partial charge in [-0.3, -0.25) is 4.99 Å². The number of likely N-dealkylation sites (N-methyl/N-ethyl adjacent to an activating group) is 1. The van der Waals surface area contributed by atoms with Crippen molar-refractivity contribution >= 4 is 5.96 Å². The molecule has 1 aliphatic rings. The number of hydrogen-bond acceptors (Lipinski definition) is 3. The van der Waals surface area contributed by atoms with Crippen molar-refractivity contribution in [3.05, 3.63) is 35.4 Å².